The van der Waals surface area contributed by atoms with E-state index in [1.165, 1.54) is 23.9 Å². The number of hydrogen-bond acceptors (Lipinski definition) is 6. The maximum atomic E-state index is 13.1. The van der Waals surface area contributed by atoms with E-state index in [-0.39, 0.29) is 11.7 Å². The lowest BCUT2D eigenvalue weighted by Crippen LogP contribution is -2.19. The Morgan fingerprint density at radius 2 is 1.80 bits per heavy atom. The largest absolute Gasteiger partial charge is 0.496 e. The predicted octanol–water partition coefficient (Wildman–Crippen LogP) is 4.33. The molecule has 2 aliphatic heterocycles. The molecular formula is C22H22FN3O3S. The summed E-state index contributed by atoms with van der Waals surface area (Å²) in [5, 5.41) is 3.18. The Bertz CT molecular complexity index is 1020. The Kier molecular flexibility index (Phi) is 5.94. The van der Waals surface area contributed by atoms with Gasteiger partial charge in [-0.05, 0) is 61.0 Å². The first-order valence-electron chi connectivity index (χ1n) is 9.63. The molecule has 30 heavy (non-hydrogen) atoms. The smallest absolute Gasteiger partial charge is 0.264 e. The molecule has 0 unspecified atom stereocenters. The molecule has 2 aliphatic rings. The molecule has 1 amide bonds. The number of nitrogens with one attached hydrogen (secondary N) is 1. The molecule has 0 atom stereocenters. The van der Waals surface area contributed by atoms with Crippen LogP contribution in [0.15, 0.2) is 46.3 Å². The first-order valence-corrected chi connectivity index (χ1v) is 10.4. The number of amidine groups is 1. The van der Waals surface area contributed by atoms with E-state index in [4.69, 9.17) is 9.47 Å². The van der Waals surface area contributed by atoms with Crippen molar-refractivity contribution >= 4 is 40.3 Å². The summed E-state index contributed by atoms with van der Waals surface area (Å²) >= 11 is 1.22. The number of thioether (sulfide) groups is 1. The summed E-state index contributed by atoms with van der Waals surface area (Å²) in [7, 11) is 3.25. The molecule has 2 aromatic carbocycles. The van der Waals surface area contributed by atoms with Crippen molar-refractivity contribution in [2.75, 3.05) is 32.2 Å². The molecule has 2 aromatic rings. The maximum Gasteiger partial charge on any atom is 0.264 e. The number of carbonyl (C=O) groups is 1. The van der Waals surface area contributed by atoms with Crippen molar-refractivity contribution in [1.29, 1.82) is 0 Å². The highest BCUT2D eigenvalue weighted by atomic mass is 32.2. The highest BCUT2D eigenvalue weighted by molar-refractivity contribution is 8.18. The van der Waals surface area contributed by atoms with Crippen LogP contribution in [0.3, 0.4) is 0 Å². The Morgan fingerprint density at radius 1 is 1.10 bits per heavy atom. The number of methoxy groups -OCH3 is 2. The number of nitrogens with zero attached hydrogens (tertiary/aromatic N) is 2. The summed E-state index contributed by atoms with van der Waals surface area (Å²) in [5.74, 6) is 0.835. The van der Waals surface area contributed by atoms with Crippen LogP contribution in [0.25, 0.3) is 6.08 Å². The van der Waals surface area contributed by atoms with Crippen molar-refractivity contribution in [3.05, 3.63) is 52.7 Å². The minimum Gasteiger partial charge on any atom is -0.496 e. The molecule has 2 fully saturated rings. The zero-order valence-corrected chi connectivity index (χ0v) is 17.6. The third kappa shape index (κ3) is 4.28. The van der Waals surface area contributed by atoms with Crippen molar-refractivity contribution in [2.24, 2.45) is 4.99 Å². The summed E-state index contributed by atoms with van der Waals surface area (Å²) in [5.41, 5.74) is 2.31. The minimum absolute atomic E-state index is 0.245. The fraction of sp³-hybridized carbons (Fsp3) is 0.273. The van der Waals surface area contributed by atoms with Crippen LogP contribution in [0.2, 0.25) is 0 Å². The van der Waals surface area contributed by atoms with Crippen LogP contribution < -0.4 is 19.7 Å². The lowest BCUT2D eigenvalue weighted by atomic mass is 10.1. The number of halogens is 1. The van der Waals surface area contributed by atoms with Crippen LogP contribution in [0.5, 0.6) is 11.5 Å². The van der Waals surface area contributed by atoms with E-state index in [9.17, 15) is 9.18 Å². The van der Waals surface area contributed by atoms with E-state index >= 15 is 0 Å². The summed E-state index contributed by atoms with van der Waals surface area (Å²) in [4.78, 5) is 19.6. The quantitative estimate of drug-likeness (QED) is 0.720. The molecule has 8 heteroatoms. The molecule has 0 aliphatic carbocycles. The number of amides is 1. The van der Waals surface area contributed by atoms with Gasteiger partial charge in [0, 0.05) is 24.7 Å². The molecule has 2 heterocycles. The number of hydrogen-bond donors (Lipinski definition) is 1. The Balaban J connectivity index is 1.63. The zero-order valence-electron chi connectivity index (χ0n) is 16.8. The zero-order chi connectivity index (χ0) is 21.1. The second kappa shape index (κ2) is 8.79. The third-order valence-electron chi connectivity index (χ3n) is 4.97. The van der Waals surface area contributed by atoms with Crippen LogP contribution in [-0.2, 0) is 4.79 Å². The van der Waals surface area contributed by atoms with Gasteiger partial charge in [0.15, 0.2) is 5.17 Å². The summed E-state index contributed by atoms with van der Waals surface area (Å²) in [6.45, 7) is 1.98. The standard InChI is InChI=1S/C22H22FN3O3S/c1-28-18-13-17(26-9-3-4-10-26)19(29-2)11-14(18)12-20-21(27)25-22(30-20)24-16-7-5-15(23)6-8-16/h5-8,11-13H,3-4,9-10H2,1-2H3,(H,24,25,27)/b20-12-. The average molecular weight is 428 g/mol. The Hall–Kier alpha value is -3.00. The summed E-state index contributed by atoms with van der Waals surface area (Å²) in [6, 6.07) is 9.63. The van der Waals surface area contributed by atoms with Gasteiger partial charge in [-0.2, -0.15) is 0 Å². The summed E-state index contributed by atoms with van der Waals surface area (Å²) < 4.78 is 24.3. The van der Waals surface area contributed by atoms with Gasteiger partial charge in [0.25, 0.3) is 5.91 Å². The topological polar surface area (TPSA) is 63.2 Å². The van der Waals surface area contributed by atoms with Crippen LogP contribution in [-0.4, -0.2) is 38.4 Å². The molecule has 1 N–H and O–H groups in total. The Labute approximate surface area is 178 Å². The number of anilines is 1. The fourth-order valence-corrected chi connectivity index (χ4v) is 4.31. The number of benzene rings is 2. The second-order valence-electron chi connectivity index (χ2n) is 6.92. The van der Waals surface area contributed by atoms with E-state index in [0.717, 1.165) is 42.9 Å². The van der Waals surface area contributed by atoms with Gasteiger partial charge in [0.2, 0.25) is 0 Å². The first-order chi connectivity index (χ1) is 14.6. The van der Waals surface area contributed by atoms with Crippen molar-refractivity contribution in [3.8, 4) is 11.5 Å². The monoisotopic (exact) mass is 427 g/mol. The van der Waals surface area contributed by atoms with Gasteiger partial charge < -0.3 is 19.7 Å². The highest BCUT2D eigenvalue weighted by Gasteiger charge is 2.25. The molecule has 0 radical (unpaired) electrons. The molecule has 4 rings (SSSR count). The normalized spacial score (nSPS) is 18.9. The Morgan fingerprint density at radius 3 is 2.47 bits per heavy atom. The number of ether oxygens (including phenoxy) is 2. The minimum atomic E-state index is -0.332. The fourth-order valence-electron chi connectivity index (χ4n) is 3.48. The number of carbonyl (C=O) groups excluding carboxylic acids is 1. The molecular weight excluding hydrogens is 405 g/mol. The molecule has 2 saturated heterocycles. The second-order valence-corrected chi connectivity index (χ2v) is 7.95. The van der Waals surface area contributed by atoms with Gasteiger partial charge in [-0.25, -0.2) is 9.38 Å². The summed E-state index contributed by atoms with van der Waals surface area (Å²) in [6.07, 6.45) is 4.08. The van der Waals surface area contributed by atoms with E-state index < -0.39 is 0 Å². The highest BCUT2D eigenvalue weighted by Crippen LogP contribution is 2.39. The van der Waals surface area contributed by atoms with Crippen LogP contribution in [0, 0.1) is 5.82 Å². The van der Waals surface area contributed by atoms with Gasteiger partial charge in [-0.1, -0.05) is 0 Å². The third-order valence-corrected chi connectivity index (χ3v) is 5.88. The van der Waals surface area contributed by atoms with E-state index in [1.807, 2.05) is 12.1 Å². The van der Waals surface area contributed by atoms with Crippen LogP contribution in [0.4, 0.5) is 15.8 Å². The van der Waals surface area contributed by atoms with Gasteiger partial charge in [-0.15, -0.1) is 0 Å². The number of rotatable bonds is 5. The molecule has 156 valence electrons. The SMILES string of the molecule is COc1cc(N2CCCC2)c(OC)cc1/C=C1\SC(=Nc2ccc(F)cc2)NC1=O. The predicted molar refractivity (Wildman–Crippen MR) is 118 cm³/mol. The van der Waals surface area contributed by atoms with Crippen LogP contribution in [0.1, 0.15) is 18.4 Å². The van der Waals surface area contributed by atoms with E-state index in [0.29, 0.717) is 21.5 Å². The molecule has 0 bridgehead atoms. The molecule has 6 nitrogen and oxygen atoms in total. The average Bonchev–Trinajstić information content (AvgIpc) is 3.40. The maximum absolute atomic E-state index is 13.1. The van der Waals surface area contributed by atoms with E-state index in [1.54, 1.807) is 32.4 Å². The molecule has 0 aromatic heterocycles. The first kappa shape index (κ1) is 20.3. The molecule has 0 spiro atoms. The van der Waals surface area contributed by atoms with Crippen molar-refractivity contribution in [1.82, 2.24) is 5.32 Å². The lowest BCUT2D eigenvalue weighted by molar-refractivity contribution is -0.115. The number of aliphatic imine (C=N–C) groups is 1. The van der Waals surface area contributed by atoms with Gasteiger partial charge in [-0.3, -0.25) is 4.79 Å². The van der Waals surface area contributed by atoms with Crippen molar-refractivity contribution in [2.45, 2.75) is 12.8 Å². The van der Waals surface area contributed by atoms with Crippen molar-refractivity contribution < 1.29 is 18.7 Å². The van der Waals surface area contributed by atoms with Crippen LogP contribution >= 0.6 is 11.8 Å². The van der Waals surface area contributed by atoms with Crippen molar-refractivity contribution in [3.63, 3.8) is 0 Å². The van der Waals surface area contributed by atoms with Gasteiger partial charge in [0.1, 0.15) is 17.3 Å². The lowest BCUT2D eigenvalue weighted by Gasteiger charge is -2.22. The molecule has 0 saturated carbocycles. The van der Waals surface area contributed by atoms with Gasteiger partial charge in [0.05, 0.1) is 30.5 Å². The van der Waals surface area contributed by atoms with E-state index in [2.05, 4.69) is 15.2 Å². The van der Waals surface area contributed by atoms with Gasteiger partial charge >= 0.3 is 0 Å².